The number of aromatic nitrogens is 1. The van der Waals surface area contributed by atoms with Crippen molar-refractivity contribution in [3.8, 4) is 0 Å². The molecule has 14 heavy (non-hydrogen) atoms. The lowest BCUT2D eigenvalue weighted by Gasteiger charge is -2.01. The highest BCUT2D eigenvalue weighted by Crippen LogP contribution is 2.13. The lowest BCUT2D eigenvalue weighted by atomic mass is 10.1. The van der Waals surface area contributed by atoms with Gasteiger partial charge in [0.25, 0.3) is 0 Å². The maximum absolute atomic E-state index is 5.90. The second-order valence-electron chi connectivity index (χ2n) is 3.16. The Kier molecular flexibility index (Phi) is 2.80. The van der Waals surface area contributed by atoms with Crippen LogP contribution in [0.4, 0.5) is 0 Å². The van der Waals surface area contributed by atoms with Crippen molar-refractivity contribution in [1.29, 1.82) is 0 Å². The molecule has 0 spiro atoms. The second-order valence-corrected chi connectivity index (χ2v) is 3.60. The zero-order valence-corrected chi connectivity index (χ0v) is 8.41. The van der Waals surface area contributed by atoms with Crippen molar-refractivity contribution in [3.05, 3.63) is 64.9 Å². The van der Waals surface area contributed by atoms with Crippen LogP contribution >= 0.6 is 11.6 Å². The van der Waals surface area contributed by atoms with Crippen molar-refractivity contribution < 1.29 is 0 Å². The molecule has 0 aliphatic rings. The summed E-state index contributed by atoms with van der Waals surface area (Å²) in [6, 6.07) is 12.0. The molecular formula is C12H10ClN. The predicted molar refractivity (Wildman–Crippen MR) is 58.5 cm³/mol. The standard InChI is InChI=1S/C12H10ClN/c13-12-3-1-2-11(9-12)8-10-4-6-14-7-5-10/h1-7,9H,8H2. The lowest BCUT2D eigenvalue weighted by molar-refractivity contribution is 1.16. The van der Waals surface area contributed by atoms with Gasteiger partial charge in [0.05, 0.1) is 0 Å². The Labute approximate surface area is 88.4 Å². The van der Waals surface area contributed by atoms with Crippen molar-refractivity contribution in [2.24, 2.45) is 0 Å². The fourth-order valence-corrected chi connectivity index (χ4v) is 1.60. The number of nitrogens with zero attached hydrogens (tertiary/aromatic N) is 1. The summed E-state index contributed by atoms with van der Waals surface area (Å²) < 4.78 is 0. The van der Waals surface area contributed by atoms with Crippen molar-refractivity contribution >= 4 is 11.6 Å². The van der Waals surface area contributed by atoms with E-state index in [1.807, 2.05) is 30.3 Å². The van der Waals surface area contributed by atoms with Gasteiger partial charge in [0.1, 0.15) is 0 Å². The Morgan fingerprint density at radius 2 is 1.79 bits per heavy atom. The highest BCUT2D eigenvalue weighted by molar-refractivity contribution is 6.30. The Morgan fingerprint density at radius 1 is 1.00 bits per heavy atom. The molecule has 1 aromatic heterocycles. The molecule has 1 aromatic carbocycles. The monoisotopic (exact) mass is 203 g/mol. The molecule has 0 atom stereocenters. The van der Waals surface area contributed by atoms with Gasteiger partial charge in [0.2, 0.25) is 0 Å². The summed E-state index contributed by atoms with van der Waals surface area (Å²) in [5, 5.41) is 0.788. The highest BCUT2D eigenvalue weighted by atomic mass is 35.5. The van der Waals surface area contributed by atoms with E-state index in [-0.39, 0.29) is 0 Å². The zero-order chi connectivity index (χ0) is 9.80. The smallest absolute Gasteiger partial charge is 0.0408 e. The van der Waals surface area contributed by atoms with Gasteiger partial charge in [-0.05, 0) is 41.8 Å². The van der Waals surface area contributed by atoms with Crippen molar-refractivity contribution in [2.75, 3.05) is 0 Å². The molecule has 70 valence electrons. The third kappa shape index (κ3) is 2.33. The van der Waals surface area contributed by atoms with Crippen molar-refractivity contribution in [2.45, 2.75) is 6.42 Å². The van der Waals surface area contributed by atoms with Crippen LogP contribution in [0.15, 0.2) is 48.8 Å². The summed E-state index contributed by atoms with van der Waals surface area (Å²) in [5.41, 5.74) is 2.48. The zero-order valence-electron chi connectivity index (χ0n) is 7.65. The molecule has 0 aliphatic heterocycles. The average Bonchev–Trinajstić information content (AvgIpc) is 2.19. The molecule has 2 heteroatoms. The largest absolute Gasteiger partial charge is 0.265 e. The fourth-order valence-electron chi connectivity index (χ4n) is 1.38. The summed E-state index contributed by atoms with van der Waals surface area (Å²) in [6.45, 7) is 0. The number of rotatable bonds is 2. The molecule has 1 nitrogen and oxygen atoms in total. The normalized spacial score (nSPS) is 10.1. The van der Waals surface area contributed by atoms with Gasteiger partial charge >= 0.3 is 0 Å². The van der Waals surface area contributed by atoms with E-state index in [9.17, 15) is 0 Å². The molecule has 0 fully saturated rings. The quantitative estimate of drug-likeness (QED) is 0.730. The topological polar surface area (TPSA) is 12.9 Å². The summed E-state index contributed by atoms with van der Waals surface area (Å²) >= 11 is 5.90. The molecule has 1 heterocycles. The first-order valence-corrected chi connectivity index (χ1v) is 4.86. The van der Waals surface area contributed by atoms with Gasteiger partial charge in [-0.3, -0.25) is 4.98 Å². The van der Waals surface area contributed by atoms with E-state index >= 15 is 0 Å². The van der Waals surface area contributed by atoms with Gasteiger partial charge in [0.15, 0.2) is 0 Å². The Morgan fingerprint density at radius 3 is 2.50 bits per heavy atom. The van der Waals surface area contributed by atoms with Crippen LogP contribution in [0.5, 0.6) is 0 Å². The fraction of sp³-hybridized carbons (Fsp3) is 0.0833. The van der Waals surface area contributed by atoms with Gasteiger partial charge in [0, 0.05) is 17.4 Å². The summed E-state index contributed by atoms with van der Waals surface area (Å²) in [6.07, 6.45) is 4.52. The van der Waals surface area contributed by atoms with Gasteiger partial charge < -0.3 is 0 Å². The maximum atomic E-state index is 5.90. The minimum atomic E-state index is 0.788. The minimum Gasteiger partial charge on any atom is -0.265 e. The molecule has 0 saturated heterocycles. The average molecular weight is 204 g/mol. The van der Waals surface area contributed by atoms with Crippen LogP contribution in [-0.4, -0.2) is 4.98 Å². The minimum absolute atomic E-state index is 0.788. The molecule has 0 amide bonds. The Balaban J connectivity index is 2.19. The third-order valence-corrected chi connectivity index (χ3v) is 2.28. The molecule has 0 unspecified atom stereocenters. The van der Waals surface area contributed by atoms with Gasteiger partial charge in [-0.2, -0.15) is 0 Å². The van der Waals surface area contributed by atoms with Crippen molar-refractivity contribution in [3.63, 3.8) is 0 Å². The first kappa shape index (κ1) is 9.22. The molecule has 2 rings (SSSR count). The number of pyridine rings is 1. The summed E-state index contributed by atoms with van der Waals surface area (Å²) in [5.74, 6) is 0. The first-order chi connectivity index (χ1) is 6.84. The molecule has 0 aliphatic carbocycles. The van der Waals surface area contributed by atoms with E-state index in [1.54, 1.807) is 12.4 Å². The number of halogens is 1. The number of benzene rings is 1. The number of hydrogen-bond acceptors (Lipinski definition) is 1. The van der Waals surface area contributed by atoms with E-state index in [4.69, 9.17) is 11.6 Å². The van der Waals surface area contributed by atoms with Crippen LogP contribution in [0, 0.1) is 0 Å². The van der Waals surface area contributed by atoms with E-state index in [0.717, 1.165) is 11.4 Å². The van der Waals surface area contributed by atoms with Gasteiger partial charge in [-0.15, -0.1) is 0 Å². The van der Waals surface area contributed by atoms with Gasteiger partial charge in [-0.1, -0.05) is 23.7 Å². The van der Waals surface area contributed by atoms with E-state index < -0.39 is 0 Å². The Bertz CT molecular complexity index is 412. The molecule has 2 aromatic rings. The van der Waals surface area contributed by atoms with E-state index in [0.29, 0.717) is 0 Å². The molecule has 0 bridgehead atoms. The van der Waals surface area contributed by atoms with Crippen LogP contribution in [0.25, 0.3) is 0 Å². The predicted octanol–water partition coefficient (Wildman–Crippen LogP) is 3.33. The van der Waals surface area contributed by atoms with Crippen LogP contribution in [0.3, 0.4) is 0 Å². The van der Waals surface area contributed by atoms with Crippen LogP contribution in [0.2, 0.25) is 5.02 Å². The third-order valence-electron chi connectivity index (χ3n) is 2.05. The van der Waals surface area contributed by atoms with Crippen LogP contribution in [0.1, 0.15) is 11.1 Å². The SMILES string of the molecule is Clc1cccc(Cc2ccncc2)c1. The van der Waals surface area contributed by atoms with Gasteiger partial charge in [-0.25, -0.2) is 0 Å². The second kappa shape index (κ2) is 4.25. The molecular weight excluding hydrogens is 194 g/mol. The van der Waals surface area contributed by atoms with Crippen molar-refractivity contribution in [1.82, 2.24) is 4.98 Å². The lowest BCUT2D eigenvalue weighted by Crippen LogP contribution is -1.87. The molecule has 0 radical (unpaired) electrons. The van der Waals surface area contributed by atoms with E-state index in [2.05, 4.69) is 11.1 Å². The molecule has 0 N–H and O–H groups in total. The summed E-state index contributed by atoms with van der Waals surface area (Å²) in [7, 11) is 0. The Hall–Kier alpha value is -1.34. The molecule has 0 saturated carbocycles. The van der Waals surface area contributed by atoms with Crippen LogP contribution in [-0.2, 0) is 6.42 Å². The number of hydrogen-bond donors (Lipinski definition) is 0. The highest BCUT2D eigenvalue weighted by Gasteiger charge is 1.96. The maximum Gasteiger partial charge on any atom is 0.0408 e. The first-order valence-electron chi connectivity index (χ1n) is 4.48. The van der Waals surface area contributed by atoms with Crippen LogP contribution < -0.4 is 0 Å². The summed E-state index contributed by atoms with van der Waals surface area (Å²) in [4.78, 5) is 3.98. The van der Waals surface area contributed by atoms with E-state index in [1.165, 1.54) is 11.1 Å².